The highest BCUT2D eigenvalue weighted by Gasteiger charge is 2.47. The van der Waals surface area contributed by atoms with E-state index < -0.39 is 5.41 Å². The second-order valence-corrected chi connectivity index (χ2v) is 11.9. The van der Waals surface area contributed by atoms with Crippen LogP contribution in [0.15, 0.2) is 149 Å². The molecule has 4 rings (SSSR count). The minimum absolute atomic E-state index is 0.153. The number of hydrogen-bond acceptors (Lipinski definition) is 2. The third kappa shape index (κ3) is 6.14. The van der Waals surface area contributed by atoms with Crippen molar-refractivity contribution in [3.63, 3.8) is 0 Å². The Morgan fingerprint density at radius 2 is 1.60 bits per heavy atom. The number of fused-ring (bicyclic) bond motifs is 2. The molecule has 2 aliphatic rings. The van der Waals surface area contributed by atoms with Crippen molar-refractivity contribution in [1.29, 1.82) is 0 Å². The average Bonchev–Trinajstić information content (AvgIpc) is 3.10. The van der Waals surface area contributed by atoms with Crippen LogP contribution in [0.25, 0.3) is 11.6 Å². The lowest BCUT2D eigenvalue weighted by atomic mass is 9.65. The molecule has 0 aliphatic heterocycles. The number of allylic oxidation sites excluding steroid dienone is 16. The molecule has 2 aromatic carbocycles. The number of aliphatic hydroxyl groups is 2. The van der Waals surface area contributed by atoms with Crippen LogP contribution in [0.3, 0.4) is 0 Å². The van der Waals surface area contributed by atoms with Crippen molar-refractivity contribution in [1.82, 2.24) is 0 Å². The average molecular weight is 557 g/mol. The number of rotatable bonds is 8. The van der Waals surface area contributed by atoms with Crippen LogP contribution < -0.4 is 0 Å². The maximum Gasteiger partial charge on any atom is 0.115 e. The van der Waals surface area contributed by atoms with Crippen molar-refractivity contribution >= 4 is 11.6 Å². The number of benzene rings is 2. The van der Waals surface area contributed by atoms with Gasteiger partial charge in [0.2, 0.25) is 0 Å². The van der Waals surface area contributed by atoms with Crippen molar-refractivity contribution < 1.29 is 10.2 Å². The largest absolute Gasteiger partial charge is 0.512 e. The molecular weight excluding hydrogens is 512 g/mol. The highest BCUT2D eigenvalue weighted by Crippen LogP contribution is 2.57. The molecule has 2 aliphatic carbocycles. The molecule has 1 atom stereocenters. The van der Waals surface area contributed by atoms with Crippen LogP contribution >= 0.6 is 0 Å². The first-order chi connectivity index (χ1) is 20.1. The Balaban J connectivity index is 2.08. The van der Waals surface area contributed by atoms with E-state index in [4.69, 9.17) is 0 Å². The SMILES string of the molecule is C\C=C(/C=C\C(O)=C(/C)C(C)(C)C)C1(C(/C=C/c2ccccc2)=C/C=C(/O)CC)C2=C(CC=CC=C2)c2ccccc21. The quantitative estimate of drug-likeness (QED) is 0.251. The summed E-state index contributed by atoms with van der Waals surface area (Å²) in [6, 6.07) is 18.9. The molecule has 2 heteroatoms. The molecule has 1 unspecified atom stereocenters. The summed E-state index contributed by atoms with van der Waals surface area (Å²) in [5.74, 6) is 0.609. The van der Waals surface area contributed by atoms with E-state index in [-0.39, 0.29) is 11.2 Å². The summed E-state index contributed by atoms with van der Waals surface area (Å²) in [6.07, 6.45) is 24.3. The molecule has 2 nitrogen and oxygen atoms in total. The minimum Gasteiger partial charge on any atom is -0.512 e. The van der Waals surface area contributed by atoms with Gasteiger partial charge in [0.1, 0.15) is 5.76 Å². The zero-order chi connectivity index (χ0) is 30.3. The van der Waals surface area contributed by atoms with Crippen molar-refractivity contribution in [2.75, 3.05) is 0 Å². The van der Waals surface area contributed by atoms with E-state index in [0.29, 0.717) is 12.2 Å². The molecule has 0 fully saturated rings. The Bertz CT molecular complexity index is 1570. The van der Waals surface area contributed by atoms with Gasteiger partial charge < -0.3 is 10.2 Å². The molecule has 0 amide bonds. The maximum atomic E-state index is 11.2. The monoisotopic (exact) mass is 556 g/mol. The van der Waals surface area contributed by atoms with Crippen LogP contribution in [0.2, 0.25) is 0 Å². The Labute approximate surface area is 252 Å². The molecule has 0 saturated heterocycles. The van der Waals surface area contributed by atoms with Gasteiger partial charge in [0, 0.05) is 6.42 Å². The summed E-state index contributed by atoms with van der Waals surface area (Å²) in [7, 11) is 0. The van der Waals surface area contributed by atoms with Crippen LogP contribution in [-0.4, -0.2) is 10.2 Å². The Morgan fingerprint density at radius 3 is 2.29 bits per heavy atom. The smallest absolute Gasteiger partial charge is 0.115 e. The van der Waals surface area contributed by atoms with Crippen LogP contribution in [-0.2, 0) is 5.41 Å². The summed E-state index contributed by atoms with van der Waals surface area (Å²) >= 11 is 0. The molecule has 0 bridgehead atoms. The van der Waals surface area contributed by atoms with E-state index in [1.54, 1.807) is 0 Å². The van der Waals surface area contributed by atoms with Gasteiger partial charge in [-0.15, -0.1) is 0 Å². The van der Waals surface area contributed by atoms with Gasteiger partial charge in [0.05, 0.1) is 11.2 Å². The molecule has 0 aromatic heterocycles. The van der Waals surface area contributed by atoms with Crippen LogP contribution in [0, 0.1) is 5.41 Å². The van der Waals surface area contributed by atoms with Gasteiger partial charge in [0.25, 0.3) is 0 Å². The third-order valence-corrected chi connectivity index (χ3v) is 8.40. The van der Waals surface area contributed by atoms with Gasteiger partial charge in [-0.1, -0.05) is 137 Å². The zero-order valence-electron chi connectivity index (χ0n) is 25.9. The van der Waals surface area contributed by atoms with Crippen LogP contribution in [0.4, 0.5) is 0 Å². The van der Waals surface area contributed by atoms with Crippen molar-refractivity contribution in [2.24, 2.45) is 5.41 Å². The standard InChI is InChI=1S/C40H44O2/c1-7-31(26-28-38(42)29(3)39(4,5)6)40(32(25-27-33(41)8-2)24-23-30-17-11-9-12-18-30)36-21-14-10-13-19-34(36)35-20-15-16-22-37(35)40/h7,9-18,20-28,41-42H,8,19H2,1-6H3/b24-23+,28-26-,31-7+,32-25+,33-27+,38-29-. The zero-order valence-corrected chi connectivity index (χ0v) is 25.9. The van der Waals surface area contributed by atoms with E-state index in [1.165, 1.54) is 22.3 Å². The number of aliphatic hydroxyl groups excluding tert-OH is 2. The molecule has 0 radical (unpaired) electrons. The lowest BCUT2D eigenvalue weighted by Gasteiger charge is -2.36. The summed E-state index contributed by atoms with van der Waals surface area (Å²) in [5.41, 5.74) is 8.20. The predicted molar refractivity (Wildman–Crippen MR) is 180 cm³/mol. The van der Waals surface area contributed by atoms with Gasteiger partial charge in [0.15, 0.2) is 0 Å². The van der Waals surface area contributed by atoms with Gasteiger partial charge in [-0.2, -0.15) is 0 Å². The van der Waals surface area contributed by atoms with E-state index >= 15 is 0 Å². The first kappa shape index (κ1) is 30.7. The van der Waals surface area contributed by atoms with Crippen molar-refractivity contribution in [3.8, 4) is 0 Å². The van der Waals surface area contributed by atoms with E-state index in [2.05, 4.69) is 119 Å². The van der Waals surface area contributed by atoms with Gasteiger partial charge in [-0.05, 0) is 82.4 Å². The molecule has 0 saturated carbocycles. The van der Waals surface area contributed by atoms with E-state index in [0.717, 1.165) is 28.7 Å². The predicted octanol–water partition coefficient (Wildman–Crippen LogP) is 11.1. The Hall–Kier alpha value is -4.30. The second kappa shape index (κ2) is 13.1. The fourth-order valence-electron chi connectivity index (χ4n) is 5.72. The molecular formula is C40H44O2. The first-order valence-electron chi connectivity index (χ1n) is 14.9. The van der Waals surface area contributed by atoms with Gasteiger partial charge >= 0.3 is 0 Å². The Kier molecular flexibility index (Phi) is 9.58. The molecule has 42 heavy (non-hydrogen) atoms. The fraction of sp³-hybridized carbons (Fsp3) is 0.250. The number of hydrogen-bond donors (Lipinski definition) is 2. The normalized spacial score (nSPS) is 20.3. The van der Waals surface area contributed by atoms with E-state index in [1.807, 2.05) is 44.2 Å². The topological polar surface area (TPSA) is 40.5 Å². The molecule has 0 spiro atoms. The maximum absolute atomic E-state index is 11.2. The van der Waals surface area contributed by atoms with E-state index in [9.17, 15) is 10.2 Å². The molecule has 2 N–H and O–H groups in total. The molecule has 0 heterocycles. The summed E-state index contributed by atoms with van der Waals surface area (Å²) < 4.78 is 0. The van der Waals surface area contributed by atoms with Crippen LogP contribution in [0.1, 0.15) is 71.1 Å². The second-order valence-electron chi connectivity index (χ2n) is 11.9. The lowest BCUT2D eigenvalue weighted by molar-refractivity contribution is 0.391. The van der Waals surface area contributed by atoms with Crippen molar-refractivity contribution in [3.05, 3.63) is 166 Å². The van der Waals surface area contributed by atoms with Gasteiger partial charge in [-0.25, -0.2) is 0 Å². The lowest BCUT2D eigenvalue weighted by Crippen LogP contribution is -2.30. The van der Waals surface area contributed by atoms with Gasteiger partial charge in [-0.3, -0.25) is 0 Å². The highest BCUT2D eigenvalue weighted by molar-refractivity contribution is 5.89. The summed E-state index contributed by atoms with van der Waals surface area (Å²) in [5, 5.41) is 21.7. The highest BCUT2D eigenvalue weighted by atomic mass is 16.3. The molecule has 2 aromatic rings. The Morgan fingerprint density at radius 1 is 0.881 bits per heavy atom. The fourth-order valence-corrected chi connectivity index (χ4v) is 5.72. The third-order valence-electron chi connectivity index (χ3n) is 8.40. The first-order valence-corrected chi connectivity index (χ1v) is 14.9. The minimum atomic E-state index is -0.675. The molecule has 216 valence electrons. The summed E-state index contributed by atoms with van der Waals surface area (Å²) in [4.78, 5) is 0. The van der Waals surface area contributed by atoms with Crippen LogP contribution in [0.5, 0.6) is 0 Å². The summed E-state index contributed by atoms with van der Waals surface area (Å²) in [6.45, 7) is 12.3. The van der Waals surface area contributed by atoms with Crippen molar-refractivity contribution in [2.45, 2.75) is 59.8 Å².